The minimum absolute atomic E-state index is 0.00239. The van der Waals surface area contributed by atoms with Gasteiger partial charge in [-0.25, -0.2) is 8.42 Å². The number of hydrogen-bond acceptors (Lipinski definition) is 4. The van der Waals surface area contributed by atoms with E-state index >= 15 is 0 Å². The number of amides is 1. The number of carbonyl (C=O) groups is 1. The number of para-hydroxylation sites is 1. The van der Waals surface area contributed by atoms with Gasteiger partial charge in [0.25, 0.3) is 0 Å². The monoisotopic (exact) mass is 574 g/mol. The molecule has 0 aliphatic carbocycles. The molecule has 6 nitrogen and oxygen atoms in total. The molecule has 0 aromatic heterocycles. The van der Waals surface area contributed by atoms with E-state index in [1.165, 1.54) is 30.3 Å². The zero-order valence-corrected chi connectivity index (χ0v) is 22.4. The van der Waals surface area contributed by atoms with Crippen LogP contribution in [0, 0.1) is 0 Å². The Hall–Kier alpha value is -3.07. The molecule has 1 amide bonds. The van der Waals surface area contributed by atoms with Crippen molar-refractivity contribution in [2.24, 2.45) is 0 Å². The molecule has 0 unspecified atom stereocenters. The van der Waals surface area contributed by atoms with Crippen LogP contribution in [-0.2, 0) is 21.4 Å². The first-order valence-corrected chi connectivity index (χ1v) is 13.6. The lowest BCUT2D eigenvalue weighted by Gasteiger charge is -2.22. The molecule has 4 rings (SSSR count). The number of rotatable bonds is 9. The smallest absolute Gasteiger partial charge is 0.243 e. The first-order chi connectivity index (χ1) is 17.7. The second kappa shape index (κ2) is 12.0. The van der Waals surface area contributed by atoms with Crippen molar-refractivity contribution in [2.75, 3.05) is 11.9 Å². The predicted octanol–water partition coefficient (Wildman–Crippen LogP) is 7.27. The standard InChI is InChI=1S/C27H21Cl3N2O4S/c28-20-9-12-24(13-10-20)37(34,35)32(17-19-5-4-6-21(29)15-19)18-27(33)31-25-16-22(30)11-14-26(25)36-23-7-2-1-3-8-23/h1-16H,17-18H2,(H,31,33). The van der Waals surface area contributed by atoms with Crippen LogP contribution in [-0.4, -0.2) is 25.2 Å². The fourth-order valence-corrected chi connectivity index (χ4v) is 5.37. The Morgan fingerprint density at radius 2 is 1.46 bits per heavy atom. The van der Waals surface area contributed by atoms with Gasteiger partial charge in [0.2, 0.25) is 15.9 Å². The molecule has 37 heavy (non-hydrogen) atoms. The van der Waals surface area contributed by atoms with Gasteiger partial charge in [0.15, 0.2) is 5.75 Å². The van der Waals surface area contributed by atoms with Gasteiger partial charge in [-0.2, -0.15) is 4.31 Å². The van der Waals surface area contributed by atoms with Gasteiger partial charge in [-0.3, -0.25) is 4.79 Å². The van der Waals surface area contributed by atoms with Gasteiger partial charge in [0.1, 0.15) is 5.75 Å². The average molecular weight is 576 g/mol. The van der Waals surface area contributed by atoms with Crippen LogP contribution < -0.4 is 10.1 Å². The Bertz CT molecular complexity index is 1500. The van der Waals surface area contributed by atoms with Crippen molar-refractivity contribution >= 4 is 56.4 Å². The number of halogens is 3. The van der Waals surface area contributed by atoms with Crippen LogP contribution in [0.4, 0.5) is 5.69 Å². The highest BCUT2D eigenvalue weighted by atomic mass is 35.5. The quantitative estimate of drug-likeness (QED) is 0.228. The predicted molar refractivity (Wildman–Crippen MR) is 147 cm³/mol. The van der Waals surface area contributed by atoms with Crippen molar-refractivity contribution in [1.29, 1.82) is 0 Å². The van der Waals surface area contributed by atoms with Crippen LogP contribution in [0.3, 0.4) is 0 Å². The van der Waals surface area contributed by atoms with Crippen LogP contribution in [0.15, 0.2) is 102 Å². The summed E-state index contributed by atoms with van der Waals surface area (Å²) in [6.45, 7) is -0.559. The number of hydrogen-bond donors (Lipinski definition) is 1. The second-order valence-electron chi connectivity index (χ2n) is 7.96. The second-order valence-corrected chi connectivity index (χ2v) is 11.2. The summed E-state index contributed by atoms with van der Waals surface area (Å²) in [5.74, 6) is 0.332. The molecule has 1 N–H and O–H groups in total. The van der Waals surface area contributed by atoms with Gasteiger partial charge in [-0.15, -0.1) is 0 Å². The zero-order chi connectivity index (χ0) is 26.4. The van der Waals surface area contributed by atoms with Crippen LogP contribution in [0.2, 0.25) is 15.1 Å². The topological polar surface area (TPSA) is 75.7 Å². The number of nitrogens with zero attached hydrogens (tertiary/aromatic N) is 1. The third-order valence-corrected chi connectivity index (χ3v) is 7.73. The van der Waals surface area contributed by atoms with Crippen molar-refractivity contribution in [3.8, 4) is 11.5 Å². The first kappa shape index (κ1) is 27.0. The number of nitrogens with one attached hydrogen (secondary N) is 1. The van der Waals surface area contributed by atoms with Crippen molar-refractivity contribution in [1.82, 2.24) is 4.31 Å². The fourth-order valence-electron chi connectivity index (χ4n) is 3.47. The van der Waals surface area contributed by atoms with E-state index in [4.69, 9.17) is 39.5 Å². The number of sulfonamides is 1. The van der Waals surface area contributed by atoms with Gasteiger partial charge in [0.05, 0.1) is 17.1 Å². The van der Waals surface area contributed by atoms with Gasteiger partial charge in [0, 0.05) is 21.6 Å². The molecule has 0 saturated carbocycles. The Balaban J connectivity index is 1.61. The molecule has 0 spiro atoms. The minimum Gasteiger partial charge on any atom is -0.455 e. The van der Waals surface area contributed by atoms with Crippen LogP contribution in [0.25, 0.3) is 0 Å². The molecule has 4 aromatic carbocycles. The number of benzene rings is 4. The highest BCUT2D eigenvalue weighted by molar-refractivity contribution is 7.89. The maximum Gasteiger partial charge on any atom is 0.243 e. The minimum atomic E-state index is -4.07. The van der Waals surface area contributed by atoms with Gasteiger partial charge in [-0.1, -0.05) is 65.1 Å². The zero-order valence-electron chi connectivity index (χ0n) is 19.3. The summed E-state index contributed by atoms with van der Waals surface area (Å²) in [6, 6.07) is 26.3. The van der Waals surface area contributed by atoms with Crippen LogP contribution in [0.5, 0.6) is 11.5 Å². The first-order valence-electron chi connectivity index (χ1n) is 11.0. The highest BCUT2D eigenvalue weighted by Gasteiger charge is 2.27. The van der Waals surface area contributed by atoms with E-state index in [1.807, 2.05) is 18.2 Å². The molecule has 0 bridgehead atoms. The molecule has 0 fully saturated rings. The number of anilines is 1. The summed E-state index contributed by atoms with van der Waals surface area (Å²) in [5, 5.41) is 3.95. The average Bonchev–Trinajstić information content (AvgIpc) is 2.86. The Kier molecular flexibility index (Phi) is 8.74. The molecule has 190 valence electrons. The maximum atomic E-state index is 13.5. The van der Waals surface area contributed by atoms with E-state index in [1.54, 1.807) is 48.5 Å². The van der Waals surface area contributed by atoms with Crippen molar-refractivity contribution in [2.45, 2.75) is 11.4 Å². The van der Waals surface area contributed by atoms with Crippen molar-refractivity contribution < 1.29 is 17.9 Å². The third kappa shape index (κ3) is 7.25. The lowest BCUT2D eigenvalue weighted by molar-refractivity contribution is -0.116. The molecular formula is C27H21Cl3N2O4S. The summed E-state index contributed by atoms with van der Waals surface area (Å²) < 4.78 is 34.0. The molecule has 0 aliphatic rings. The third-order valence-electron chi connectivity index (χ3n) is 5.21. The Morgan fingerprint density at radius 1 is 0.784 bits per heavy atom. The normalized spacial score (nSPS) is 11.4. The number of ether oxygens (including phenoxy) is 1. The summed E-state index contributed by atoms with van der Waals surface area (Å²) in [7, 11) is -4.07. The maximum absolute atomic E-state index is 13.5. The molecule has 0 heterocycles. The van der Waals surface area contributed by atoms with E-state index in [0.29, 0.717) is 37.8 Å². The van der Waals surface area contributed by atoms with E-state index in [9.17, 15) is 13.2 Å². The SMILES string of the molecule is O=C(CN(Cc1cccc(Cl)c1)S(=O)(=O)c1ccc(Cl)cc1)Nc1cc(Cl)ccc1Oc1ccccc1. The summed E-state index contributed by atoms with van der Waals surface area (Å²) in [6.07, 6.45) is 0. The summed E-state index contributed by atoms with van der Waals surface area (Å²) in [5.41, 5.74) is 0.918. The molecule has 10 heteroatoms. The Labute approximate surface area is 230 Å². The molecule has 0 atom stereocenters. The van der Waals surface area contributed by atoms with E-state index in [2.05, 4.69) is 5.32 Å². The number of carbonyl (C=O) groups excluding carboxylic acids is 1. The van der Waals surface area contributed by atoms with E-state index in [-0.39, 0.29) is 11.4 Å². The van der Waals surface area contributed by atoms with E-state index in [0.717, 1.165) is 4.31 Å². The lowest BCUT2D eigenvalue weighted by Crippen LogP contribution is -2.37. The molecule has 0 radical (unpaired) electrons. The largest absolute Gasteiger partial charge is 0.455 e. The van der Waals surface area contributed by atoms with Crippen molar-refractivity contribution in [3.05, 3.63) is 118 Å². The fraction of sp³-hybridized carbons (Fsp3) is 0.0741. The van der Waals surface area contributed by atoms with E-state index < -0.39 is 22.5 Å². The van der Waals surface area contributed by atoms with Gasteiger partial charge in [-0.05, 0) is 72.3 Å². The summed E-state index contributed by atoms with van der Waals surface area (Å²) in [4.78, 5) is 13.2. The van der Waals surface area contributed by atoms with Crippen molar-refractivity contribution in [3.63, 3.8) is 0 Å². The molecule has 4 aromatic rings. The summed E-state index contributed by atoms with van der Waals surface area (Å²) >= 11 is 18.2. The van der Waals surface area contributed by atoms with Gasteiger partial charge < -0.3 is 10.1 Å². The van der Waals surface area contributed by atoms with Gasteiger partial charge >= 0.3 is 0 Å². The highest BCUT2D eigenvalue weighted by Crippen LogP contribution is 2.32. The molecule has 0 aliphatic heterocycles. The lowest BCUT2D eigenvalue weighted by atomic mass is 10.2. The molecule has 0 saturated heterocycles. The Morgan fingerprint density at radius 3 is 2.16 bits per heavy atom. The molecular weight excluding hydrogens is 555 g/mol. The van der Waals surface area contributed by atoms with Crippen LogP contribution in [0.1, 0.15) is 5.56 Å². The van der Waals surface area contributed by atoms with Crippen LogP contribution >= 0.6 is 34.8 Å².